The van der Waals surface area contributed by atoms with Crippen molar-refractivity contribution in [3.8, 4) is 5.75 Å². The highest BCUT2D eigenvalue weighted by molar-refractivity contribution is 6.09. The Morgan fingerprint density at radius 2 is 1.95 bits per heavy atom. The van der Waals surface area contributed by atoms with E-state index in [4.69, 9.17) is 4.42 Å². The van der Waals surface area contributed by atoms with Gasteiger partial charge in [-0.2, -0.15) is 0 Å². The van der Waals surface area contributed by atoms with E-state index in [-0.39, 0.29) is 17.5 Å². The van der Waals surface area contributed by atoms with Crippen LogP contribution in [0.2, 0.25) is 0 Å². The Hall–Kier alpha value is -1.77. The molecule has 1 aromatic carbocycles. The first kappa shape index (κ1) is 15.6. The van der Waals surface area contributed by atoms with Gasteiger partial charge in [0.05, 0.1) is 5.56 Å². The molecule has 0 aliphatic heterocycles. The number of fused-ring (bicyclic) bond motifs is 1. The van der Waals surface area contributed by atoms with Crippen molar-refractivity contribution in [3.63, 3.8) is 0 Å². The zero-order valence-corrected chi connectivity index (χ0v) is 13.1. The molecule has 0 fully saturated rings. The van der Waals surface area contributed by atoms with Gasteiger partial charge in [0, 0.05) is 17.7 Å². The van der Waals surface area contributed by atoms with Gasteiger partial charge in [-0.05, 0) is 37.5 Å². The van der Waals surface area contributed by atoms with Crippen LogP contribution in [0.5, 0.6) is 5.75 Å². The van der Waals surface area contributed by atoms with Gasteiger partial charge in [0.15, 0.2) is 5.78 Å². The second kappa shape index (κ2) is 6.79. The van der Waals surface area contributed by atoms with Gasteiger partial charge >= 0.3 is 0 Å². The lowest BCUT2D eigenvalue weighted by Gasteiger charge is -2.11. The van der Waals surface area contributed by atoms with E-state index in [1.54, 1.807) is 18.2 Å². The molecule has 0 unspecified atom stereocenters. The lowest BCUT2D eigenvalue weighted by molar-refractivity contribution is 0.0913. The van der Waals surface area contributed by atoms with Crippen LogP contribution in [0.1, 0.15) is 62.6 Å². The van der Waals surface area contributed by atoms with Crippen molar-refractivity contribution in [3.05, 3.63) is 29.5 Å². The number of phenols is 1. The number of aromatic hydroxyl groups is 1. The minimum absolute atomic E-state index is 0.0218. The molecule has 114 valence electrons. The molecule has 2 rings (SSSR count). The summed E-state index contributed by atoms with van der Waals surface area (Å²) in [6.07, 6.45) is 4.48. The molecule has 1 heterocycles. The second-order valence-corrected chi connectivity index (χ2v) is 5.56. The van der Waals surface area contributed by atoms with E-state index >= 15 is 0 Å². The molecule has 0 bridgehead atoms. The number of rotatable bonds is 7. The first-order valence-corrected chi connectivity index (χ1v) is 7.90. The molecule has 1 N–H and O–H groups in total. The maximum atomic E-state index is 12.8. The highest BCUT2D eigenvalue weighted by atomic mass is 16.3. The third kappa shape index (κ3) is 3.12. The van der Waals surface area contributed by atoms with Gasteiger partial charge in [0.2, 0.25) is 0 Å². The maximum Gasteiger partial charge on any atom is 0.170 e. The Morgan fingerprint density at radius 3 is 2.57 bits per heavy atom. The topological polar surface area (TPSA) is 50.4 Å². The Labute approximate surface area is 126 Å². The fraction of sp³-hybridized carbons (Fsp3) is 0.500. The van der Waals surface area contributed by atoms with Gasteiger partial charge in [-0.15, -0.1) is 0 Å². The highest BCUT2D eigenvalue weighted by Crippen LogP contribution is 2.32. The molecule has 21 heavy (non-hydrogen) atoms. The number of Topliss-reactive ketones (excluding diaryl/α,β-unsaturated/α-hetero) is 1. The Balaban J connectivity index is 2.55. The molecule has 0 aliphatic carbocycles. The number of carbonyl (C=O) groups excluding carboxylic acids is 1. The fourth-order valence-electron chi connectivity index (χ4n) is 2.78. The average Bonchev–Trinajstić information content (AvgIpc) is 2.83. The van der Waals surface area contributed by atoms with E-state index < -0.39 is 0 Å². The zero-order valence-electron chi connectivity index (χ0n) is 13.1. The number of furan rings is 1. The van der Waals surface area contributed by atoms with Crippen LogP contribution in [-0.4, -0.2) is 10.9 Å². The number of ketones is 1. The van der Waals surface area contributed by atoms with Crippen molar-refractivity contribution in [2.24, 2.45) is 5.92 Å². The van der Waals surface area contributed by atoms with E-state index in [0.717, 1.165) is 43.3 Å². The molecule has 0 spiro atoms. The summed E-state index contributed by atoms with van der Waals surface area (Å²) < 4.78 is 5.88. The summed E-state index contributed by atoms with van der Waals surface area (Å²) in [6, 6.07) is 4.98. The Bertz CT molecular complexity index is 621. The molecule has 0 amide bonds. The van der Waals surface area contributed by atoms with Crippen LogP contribution in [0.15, 0.2) is 22.6 Å². The molecular formula is C18H24O3. The van der Waals surface area contributed by atoms with Gasteiger partial charge in [-0.25, -0.2) is 0 Å². The van der Waals surface area contributed by atoms with Crippen LogP contribution >= 0.6 is 0 Å². The van der Waals surface area contributed by atoms with Crippen molar-refractivity contribution >= 4 is 16.8 Å². The molecule has 0 aliphatic rings. The molecule has 1 aromatic heterocycles. The van der Waals surface area contributed by atoms with Gasteiger partial charge in [-0.1, -0.05) is 27.2 Å². The summed E-state index contributed by atoms with van der Waals surface area (Å²) in [5.41, 5.74) is 1.37. The lowest BCUT2D eigenvalue weighted by atomic mass is 9.90. The predicted octanol–water partition coefficient (Wildman–Crippen LogP) is 5.10. The zero-order chi connectivity index (χ0) is 15.4. The second-order valence-electron chi connectivity index (χ2n) is 5.56. The SMILES string of the molecule is CCCCc1oc2ccc(O)cc2c1C(=O)C(CC)CC. The van der Waals surface area contributed by atoms with Gasteiger partial charge in [0.25, 0.3) is 0 Å². The highest BCUT2D eigenvalue weighted by Gasteiger charge is 2.25. The van der Waals surface area contributed by atoms with Crippen molar-refractivity contribution in [1.29, 1.82) is 0 Å². The number of aryl methyl sites for hydroxylation is 1. The smallest absolute Gasteiger partial charge is 0.170 e. The molecule has 0 atom stereocenters. The fourth-order valence-corrected chi connectivity index (χ4v) is 2.78. The number of phenolic OH excluding ortho intramolecular Hbond substituents is 1. The summed E-state index contributed by atoms with van der Waals surface area (Å²) >= 11 is 0. The molecule has 0 saturated heterocycles. The first-order valence-electron chi connectivity index (χ1n) is 7.90. The number of carbonyl (C=O) groups is 1. The monoisotopic (exact) mass is 288 g/mol. The van der Waals surface area contributed by atoms with Gasteiger partial charge in [-0.3, -0.25) is 4.79 Å². The normalized spacial score (nSPS) is 11.4. The summed E-state index contributed by atoms with van der Waals surface area (Å²) in [7, 11) is 0. The van der Waals surface area contributed by atoms with E-state index in [0.29, 0.717) is 11.1 Å². The molecule has 3 heteroatoms. The third-order valence-corrected chi connectivity index (χ3v) is 4.10. The molecule has 2 aromatic rings. The molecule has 0 saturated carbocycles. The van der Waals surface area contributed by atoms with Crippen LogP contribution in [-0.2, 0) is 6.42 Å². The van der Waals surface area contributed by atoms with E-state index in [1.165, 1.54) is 0 Å². The third-order valence-electron chi connectivity index (χ3n) is 4.10. The quantitative estimate of drug-likeness (QED) is 0.721. The summed E-state index contributed by atoms with van der Waals surface area (Å²) in [4.78, 5) is 12.8. The minimum Gasteiger partial charge on any atom is -0.508 e. The number of hydrogen-bond acceptors (Lipinski definition) is 3. The summed E-state index contributed by atoms with van der Waals surface area (Å²) in [6.45, 7) is 6.20. The minimum atomic E-state index is 0.0218. The van der Waals surface area contributed by atoms with Crippen LogP contribution in [0, 0.1) is 5.92 Å². The van der Waals surface area contributed by atoms with E-state index in [2.05, 4.69) is 6.92 Å². The van der Waals surface area contributed by atoms with Crippen molar-refractivity contribution < 1.29 is 14.3 Å². The van der Waals surface area contributed by atoms with Crippen molar-refractivity contribution in [2.75, 3.05) is 0 Å². The Kier molecular flexibility index (Phi) is 5.05. The molecular weight excluding hydrogens is 264 g/mol. The number of hydrogen-bond donors (Lipinski definition) is 1. The average molecular weight is 288 g/mol. The van der Waals surface area contributed by atoms with Gasteiger partial charge < -0.3 is 9.52 Å². The van der Waals surface area contributed by atoms with Crippen LogP contribution < -0.4 is 0 Å². The summed E-state index contributed by atoms with van der Waals surface area (Å²) in [5.74, 6) is 1.11. The first-order chi connectivity index (χ1) is 10.1. The number of benzene rings is 1. The molecule has 0 radical (unpaired) electrons. The standard InChI is InChI=1S/C18H24O3/c1-4-7-8-16-17(18(20)12(5-2)6-3)14-11-13(19)9-10-15(14)21-16/h9-12,19H,4-8H2,1-3H3. The van der Waals surface area contributed by atoms with Crippen LogP contribution in [0.4, 0.5) is 0 Å². The van der Waals surface area contributed by atoms with Gasteiger partial charge in [0.1, 0.15) is 17.1 Å². The maximum absolute atomic E-state index is 12.8. The van der Waals surface area contributed by atoms with E-state index in [1.807, 2.05) is 13.8 Å². The van der Waals surface area contributed by atoms with E-state index in [9.17, 15) is 9.90 Å². The summed E-state index contributed by atoms with van der Waals surface area (Å²) in [5, 5.41) is 10.5. The predicted molar refractivity (Wildman–Crippen MR) is 84.9 cm³/mol. The largest absolute Gasteiger partial charge is 0.508 e. The molecule has 3 nitrogen and oxygen atoms in total. The van der Waals surface area contributed by atoms with Crippen molar-refractivity contribution in [2.45, 2.75) is 52.9 Å². The lowest BCUT2D eigenvalue weighted by Crippen LogP contribution is -2.14. The number of unbranched alkanes of at least 4 members (excludes halogenated alkanes) is 1. The Morgan fingerprint density at radius 1 is 1.24 bits per heavy atom. The van der Waals surface area contributed by atoms with Crippen LogP contribution in [0.3, 0.4) is 0 Å². The van der Waals surface area contributed by atoms with Crippen molar-refractivity contribution in [1.82, 2.24) is 0 Å². The van der Waals surface area contributed by atoms with Crippen LogP contribution in [0.25, 0.3) is 11.0 Å².